The molecule has 1 fully saturated rings. The Morgan fingerprint density at radius 1 is 0.694 bits per heavy atom. The zero-order valence-corrected chi connectivity index (χ0v) is 22.9. The smallest absolute Gasteiger partial charge is 0.127 e. The van der Waals surface area contributed by atoms with Gasteiger partial charge in [0.05, 0.1) is 12.1 Å². The summed E-state index contributed by atoms with van der Waals surface area (Å²) in [5.41, 5.74) is 6.18. The predicted octanol–water partition coefficient (Wildman–Crippen LogP) is 7.76. The molecule has 0 radical (unpaired) electrons. The van der Waals surface area contributed by atoms with Gasteiger partial charge in [0, 0.05) is 23.6 Å². The lowest BCUT2D eigenvalue weighted by Crippen LogP contribution is -2.27. The first kappa shape index (κ1) is 28.0. The van der Waals surface area contributed by atoms with E-state index in [9.17, 15) is 10.2 Å². The van der Waals surface area contributed by atoms with Crippen LogP contribution in [0.2, 0.25) is 0 Å². The molecule has 3 rings (SSSR count). The Morgan fingerprint density at radius 3 is 1.47 bits per heavy atom. The van der Waals surface area contributed by atoms with Gasteiger partial charge in [-0.25, -0.2) is 0 Å². The Labute approximate surface area is 218 Å². The van der Waals surface area contributed by atoms with Crippen LogP contribution in [0.3, 0.4) is 0 Å². The summed E-state index contributed by atoms with van der Waals surface area (Å²) in [6.45, 7) is 8.58. The van der Waals surface area contributed by atoms with E-state index in [0.29, 0.717) is 11.5 Å². The van der Waals surface area contributed by atoms with Crippen molar-refractivity contribution in [2.45, 2.75) is 117 Å². The maximum atomic E-state index is 10.8. The molecule has 1 aliphatic rings. The molecule has 0 aliphatic heterocycles. The molecule has 0 saturated heterocycles. The molecule has 0 aromatic heterocycles. The van der Waals surface area contributed by atoms with E-state index >= 15 is 0 Å². The van der Waals surface area contributed by atoms with Gasteiger partial charge in [0.25, 0.3) is 0 Å². The normalized spacial score (nSPS) is 18.4. The number of rotatable bonds is 12. The highest BCUT2D eigenvalue weighted by molar-refractivity contribution is 5.85. The number of aliphatic imine (C=N–C) groups is 2. The van der Waals surface area contributed by atoms with Crippen molar-refractivity contribution in [3.8, 4) is 11.5 Å². The van der Waals surface area contributed by atoms with Crippen molar-refractivity contribution in [2.24, 2.45) is 9.98 Å². The van der Waals surface area contributed by atoms with Crippen molar-refractivity contribution in [1.82, 2.24) is 0 Å². The van der Waals surface area contributed by atoms with Crippen molar-refractivity contribution in [3.05, 3.63) is 57.6 Å². The fourth-order valence-corrected chi connectivity index (χ4v) is 5.15. The van der Waals surface area contributed by atoms with E-state index in [1.54, 1.807) is 0 Å². The SMILES string of the molecule is CCCCc1cc(C=NC2CCCCC2N=Cc2cc(CCCC)cc(CC)c2O)c(O)c(CC)c1. The second kappa shape index (κ2) is 14.2. The van der Waals surface area contributed by atoms with Crippen LogP contribution in [0.25, 0.3) is 0 Å². The van der Waals surface area contributed by atoms with E-state index in [2.05, 4.69) is 52.0 Å². The molecule has 0 heterocycles. The number of benzene rings is 2. The number of hydrogen-bond donors (Lipinski definition) is 2. The summed E-state index contributed by atoms with van der Waals surface area (Å²) in [6, 6.07) is 8.66. The van der Waals surface area contributed by atoms with Crippen molar-refractivity contribution >= 4 is 12.4 Å². The third kappa shape index (κ3) is 7.44. The molecule has 2 aromatic rings. The van der Waals surface area contributed by atoms with Crippen LogP contribution < -0.4 is 0 Å². The quantitative estimate of drug-likeness (QED) is 0.299. The molecule has 2 N–H and O–H groups in total. The van der Waals surface area contributed by atoms with Crippen LogP contribution in [0, 0.1) is 0 Å². The fraction of sp³-hybridized carbons (Fsp3) is 0.562. The molecule has 4 heteroatoms. The maximum absolute atomic E-state index is 10.8. The van der Waals surface area contributed by atoms with Crippen molar-refractivity contribution in [2.75, 3.05) is 0 Å². The number of aryl methyl sites for hydroxylation is 4. The lowest BCUT2D eigenvalue weighted by atomic mass is 9.91. The average molecular weight is 491 g/mol. The summed E-state index contributed by atoms with van der Waals surface area (Å²) in [6.07, 6.45) is 16.3. The Balaban J connectivity index is 1.83. The molecule has 1 saturated carbocycles. The first-order chi connectivity index (χ1) is 17.5. The molecule has 2 atom stereocenters. The maximum Gasteiger partial charge on any atom is 0.127 e. The average Bonchev–Trinajstić information content (AvgIpc) is 2.90. The molecule has 2 unspecified atom stereocenters. The minimum Gasteiger partial charge on any atom is -0.507 e. The summed E-state index contributed by atoms with van der Waals surface area (Å²) in [5.74, 6) is 0.719. The van der Waals surface area contributed by atoms with Crippen LogP contribution in [0.1, 0.15) is 112 Å². The molecular weight excluding hydrogens is 444 g/mol. The summed E-state index contributed by atoms with van der Waals surface area (Å²) >= 11 is 0. The van der Waals surface area contributed by atoms with Gasteiger partial charge in [-0.1, -0.05) is 65.5 Å². The summed E-state index contributed by atoms with van der Waals surface area (Å²) < 4.78 is 0. The van der Waals surface area contributed by atoms with E-state index in [1.165, 1.54) is 11.1 Å². The highest BCUT2D eigenvalue weighted by Crippen LogP contribution is 2.29. The zero-order chi connectivity index (χ0) is 25.9. The third-order valence-electron chi connectivity index (χ3n) is 7.46. The van der Waals surface area contributed by atoms with Crippen molar-refractivity contribution < 1.29 is 10.2 Å². The van der Waals surface area contributed by atoms with Gasteiger partial charge < -0.3 is 10.2 Å². The summed E-state index contributed by atoms with van der Waals surface area (Å²) in [4.78, 5) is 9.92. The largest absolute Gasteiger partial charge is 0.507 e. The van der Waals surface area contributed by atoms with Gasteiger partial charge in [-0.3, -0.25) is 9.98 Å². The molecule has 1 aliphatic carbocycles. The Morgan fingerprint density at radius 2 is 1.11 bits per heavy atom. The third-order valence-corrected chi connectivity index (χ3v) is 7.46. The highest BCUT2D eigenvalue weighted by Gasteiger charge is 2.23. The van der Waals surface area contributed by atoms with Gasteiger partial charge >= 0.3 is 0 Å². The molecule has 4 nitrogen and oxygen atoms in total. The molecular formula is C32H46N2O2. The van der Waals surface area contributed by atoms with Gasteiger partial charge in [-0.15, -0.1) is 0 Å². The monoisotopic (exact) mass is 490 g/mol. The van der Waals surface area contributed by atoms with Gasteiger partial charge in [-0.2, -0.15) is 0 Å². The van der Waals surface area contributed by atoms with Crippen LogP contribution in [0.4, 0.5) is 0 Å². The fourth-order valence-electron chi connectivity index (χ4n) is 5.15. The van der Waals surface area contributed by atoms with E-state index in [1.807, 2.05) is 12.4 Å². The lowest BCUT2D eigenvalue weighted by molar-refractivity contribution is 0.390. The first-order valence-corrected chi connectivity index (χ1v) is 14.3. The molecule has 2 aromatic carbocycles. The minimum atomic E-state index is 0.0924. The summed E-state index contributed by atoms with van der Waals surface area (Å²) in [5, 5.41) is 21.6. The number of unbranched alkanes of at least 4 members (excludes halogenated alkanes) is 2. The molecule has 0 bridgehead atoms. The molecule has 0 amide bonds. The van der Waals surface area contributed by atoms with Crippen LogP contribution in [0.15, 0.2) is 34.3 Å². The minimum absolute atomic E-state index is 0.0924. The van der Waals surface area contributed by atoms with Gasteiger partial charge in [0.15, 0.2) is 0 Å². The Hall–Kier alpha value is -2.62. The molecule has 0 spiro atoms. The number of phenolic OH excluding ortho intramolecular Hbond substituents is 2. The number of phenols is 2. The van der Waals surface area contributed by atoms with E-state index in [0.717, 1.165) is 99.3 Å². The predicted molar refractivity (Wildman–Crippen MR) is 153 cm³/mol. The van der Waals surface area contributed by atoms with Crippen LogP contribution in [0.5, 0.6) is 11.5 Å². The van der Waals surface area contributed by atoms with Gasteiger partial charge in [0.2, 0.25) is 0 Å². The molecule has 36 heavy (non-hydrogen) atoms. The first-order valence-electron chi connectivity index (χ1n) is 14.3. The standard InChI is InChI=1S/C32H46N2O2/c1-5-9-13-23-17-25(7-3)31(35)27(19-23)21-33-29-15-11-12-16-30(29)34-22-28-20-24(14-10-6-2)18-26(8-4)32(28)36/h17-22,29-30,35-36H,5-16H2,1-4H3. The second-order valence-corrected chi connectivity index (χ2v) is 10.3. The number of nitrogens with zero attached hydrogens (tertiary/aromatic N) is 2. The lowest BCUT2D eigenvalue weighted by Gasteiger charge is -2.25. The Kier molecular flexibility index (Phi) is 11.0. The van der Waals surface area contributed by atoms with Crippen molar-refractivity contribution in [1.29, 1.82) is 0 Å². The van der Waals surface area contributed by atoms with Crippen LogP contribution in [-0.4, -0.2) is 34.7 Å². The summed E-state index contributed by atoms with van der Waals surface area (Å²) in [7, 11) is 0. The van der Waals surface area contributed by atoms with Gasteiger partial charge in [0.1, 0.15) is 11.5 Å². The molecule has 196 valence electrons. The number of aromatic hydroxyl groups is 2. The van der Waals surface area contributed by atoms with Crippen LogP contribution >= 0.6 is 0 Å². The number of hydrogen-bond acceptors (Lipinski definition) is 4. The Bertz CT molecular complexity index is 957. The second-order valence-electron chi connectivity index (χ2n) is 10.3. The zero-order valence-electron chi connectivity index (χ0n) is 22.9. The van der Waals surface area contributed by atoms with E-state index in [-0.39, 0.29) is 12.1 Å². The highest BCUT2D eigenvalue weighted by atomic mass is 16.3. The van der Waals surface area contributed by atoms with E-state index in [4.69, 9.17) is 9.98 Å². The topological polar surface area (TPSA) is 65.2 Å². The van der Waals surface area contributed by atoms with Crippen LogP contribution in [-0.2, 0) is 25.7 Å². The van der Waals surface area contributed by atoms with E-state index < -0.39 is 0 Å². The van der Waals surface area contributed by atoms with Gasteiger partial charge in [-0.05, 0) is 85.8 Å². The van der Waals surface area contributed by atoms with Crippen molar-refractivity contribution in [3.63, 3.8) is 0 Å².